The van der Waals surface area contributed by atoms with Crippen molar-refractivity contribution in [3.05, 3.63) is 83.0 Å². The van der Waals surface area contributed by atoms with E-state index in [0.29, 0.717) is 5.82 Å². The van der Waals surface area contributed by atoms with E-state index in [1.54, 1.807) is 30.3 Å². The number of benzene rings is 2. The number of rotatable bonds is 4. The molecule has 33 heavy (non-hydrogen) atoms. The molecule has 0 saturated carbocycles. The van der Waals surface area contributed by atoms with Crippen LogP contribution in [0.2, 0.25) is 0 Å². The molecule has 9 nitrogen and oxygen atoms in total. The predicted molar refractivity (Wildman–Crippen MR) is 119 cm³/mol. The Morgan fingerprint density at radius 2 is 1.73 bits per heavy atom. The van der Waals surface area contributed by atoms with Crippen LogP contribution in [0.15, 0.2) is 60.8 Å². The first-order valence-corrected chi connectivity index (χ1v) is 10.1. The summed E-state index contributed by atoms with van der Waals surface area (Å²) in [6.07, 6.45) is 1.32. The highest BCUT2D eigenvalue weighted by atomic mass is 16.2. The third-order valence-corrected chi connectivity index (χ3v) is 5.45. The average Bonchev–Trinajstić information content (AvgIpc) is 3.33. The van der Waals surface area contributed by atoms with E-state index in [4.69, 9.17) is 0 Å². The zero-order chi connectivity index (χ0) is 23.1. The summed E-state index contributed by atoms with van der Waals surface area (Å²) in [5.41, 5.74) is 2.33. The number of amides is 3. The van der Waals surface area contributed by atoms with Gasteiger partial charge in [0, 0.05) is 5.39 Å². The third kappa shape index (κ3) is 3.30. The summed E-state index contributed by atoms with van der Waals surface area (Å²) >= 11 is 0. The highest BCUT2D eigenvalue weighted by Crippen LogP contribution is 2.25. The molecule has 3 amide bonds. The second-order valence-corrected chi connectivity index (χ2v) is 7.54. The number of nitrogens with zero attached hydrogens (tertiary/aromatic N) is 5. The number of hydrogen-bond donors (Lipinski definition) is 1. The number of imide groups is 1. The van der Waals surface area contributed by atoms with Gasteiger partial charge in [0.05, 0.1) is 22.8 Å². The van der Waals surface area contributed by atoms with Gasteiger partial charge in [-0.1, -0.05) is 30.3 Å². The number of carbonyl (C=O) groups is 3. The van der Waals surface area contributed by atoms with Crippen LogP contribution in [0.25, 0.3) is 16.7 Å². The van der Waals surface area contributed by atoms with Crippen LogP contribution in [0.1, 0.15) is 31.8 Å². The summed E-state index contributed by atoms with van der Waals surface area (Å²) in [4.78, 5) is 43.4. The Labute approximate surface area is 187 Å². The molecular formula is C24H16N6O3. The number of aryl methyl sites for hydroxylation is 1. The van der Waals surface area contributed by atoms with Crippen LogP contribution in [0.3, 0.4) is 0 Å². The number of hydrogen-bond acceptors (Lipinski definition) is 6. The van der Waals surface area contributed by atoms with Crippen molar-refractivity contribution in [1.29, 1.82) is 5.26 Å². The number of para-hydroxylation sites is 1. The lowest BCUT2D eigenvalue weighted by Crippen LogP contribution is -2.37. The summed E-state index contributed by atoms with van der Waals surface area (Å²) in [5.74, 6) is -1.18. The van der Waals surface area contributed by atoms with E-state index in [1.165, 1.54) is 10.9 Å². The first-order chi connectivity index (χ1) is 16.0. The minimum absolute atomic E-state index is 0.112. The second-order valence-electron chi connectivity index (χ2n) is 7.54. The highest BCUT2D eigenvalue weighted by molar-refractivity contribution is 6.22. The van der Waals surface area contributed by atoms with E-state index >= 15 is 0 Å². The van der Waals surface area contributed by atoms with Gasteiger partial charge in [-0.05, 0) is 36.8 Å². The van der Waals surface area contributed by atoms with Gasteiger partial charge in [-0.25, -0.2) is 4.98 Å². The topological polar surface area (TPSA) is 121 Å². The van der Waals surface area contributed by atoms with Crippen LogP contribution >= 0.6 is 0 Å². The molecule has 0 fully saturated rings. The minimum Gasteiger partial charge on any atom is -0.308 e. The van der Waals surface area contributed by atoms with Crippen LogP contribution in [0, 0.1) is 18.3 Å². The largest absolute Gasteiger partial charge is 0.308 e. The first kappa shape index (κ1) is 20.1. The van der Waals surface area contributed by atoms with Crippen molar-refractivity contribution < 1.29 is 14.4 Å². The van der Waals surface area contributed by atoms with Crippen molar-refractivity contribution in [2.75, 3.05) is 11.9 Å². The fraction of sp³-hybridized carbons (Fsp3) is 0.0833. The van der Waals surface area contributed by atoms with E-state index in [0.717, 1.165) is 21.4 Å². The van der Waals surface area contributed by atoms with Crippen molar-refractivity contribution >= 4 is 34.4 Å². The SMILES string of the molecule is Cc1cc(-n2ncc(C#N)c2NC(=O)CN2C(=O)c3ccccc3C2=O)nc2ccccc12. The van der Waals surface area contributed by atoms with Gasteiger partial charge < -0.3 is 5.32 Å². The summed E-state index contributed by atoms with van der Waals surface area (Å²) in [5, 5.41) is 17.3. The zero-order valence-corrected chi connectivity index (χ0v) is 17.4. The van der Waals surface area contributed by atoms with Crippen molar-refractivity contribution in [3.8, 4) is 11.9 Å². The molecule has 3 heterocycles. The summed E-state index contributed by atoms with van der Waals surface area (Å²) < 4.78 is 1.36. The number of nitrogens with one attached hydrogen (secondary N) is 1. The number of carbonyl (C=O) groups excluding carboxylic acids is 3. The summed E-state index contributed by atoms with van der Waals surface area (Å²) in [6, 6.07) is 17.8. The highest BCUT2D eigenvalue weighted by Gasteiger charge is 2.36. The Bertz CT molecular complexity index is 1480. The molecule has 1 aliphatic heterocycles. The van der Waals surface area contributed by atoms with E-state index in [1.807, 2.05) is 37.3 Å². The van der Waals surface area contributed by atoms with Gasteiger partial charge in [-0.15, -0.1) is 0 Å². The lowest BCUT2D eigenvalue weighted by Gasteiger charge is -2.15. The Hall–Kier alpha value is -4.84. The van der Waals surface area contributed by atoms with Crippen LogP contribution in [0.5, 0.6) is 0 Å². The maximum Gasteiger partial charge on any atom is 0.262 e. The van der Waals surface area contributed by atoms with Gasteiger partial charge in [0.15, 0.2) is 11.6 Å². The van der Waals surface area contributed by atoms with Gasteiger partial charge in [0.2, 0.25) is 5.91 Å². The van der Waals surface area contributed by atoms with E-state index in [9.17, 15) is 19.6 Å². The van der Waals surface area contributed by atoms with Gasteiger partial charge in [0.1, 0.15) is 18.2 Å². The molecule has 0 spiro atoms. The maximum atomic E-state index is 12.8. The molecule has 0 aliphatic carbocycles. The lowest BCUT2D eigenvalue weighted by atomic mass is 10.1. The van der Waals surface area contributed by atoms with Gasteiger partial charge in [0.25, 0.3) is 11.8 Å². The second kappa shape index (κ2) is 7.69. The number of pyridine rings is 1. The third-order valence-electron chi connectivity index (χ3n) is 5.45. The Balaban J connectivity index is 1.45. The van der Waals surface area contributed by atoms with Gasteiger partial charge in [-0.3, -0.25) is 19.3 Å². The normalized spacial score (nSPS) is 12.7. The first-order valence-electron chi connectivity index (χ1n) is 10.1. The quantitative estimate of drug-likeness (QED) is 0.491. The molecule has 0 radical (unpaired) electrons. The molecule has 2 aromatic heterocycles. The fourth-order valence-corrected chi connectivity index (χ4v) is 3.86. The number of aromatic nitrogens is 3. The van der Waals surface area contributed by atoms with E-state index in [-0.39, 0.29) is 22.5 Å². The van der Waals surface area contributed by atoms with Crippen LogP contribution in [-0.2, 0) is 4.79 Å². The lowest BCUT2D eigenvalue weighted by molar-refractivity contribution is -0.116. The molecule has 160 valence electrons. The molecule has 0 bridgehead atoms. The van der Waals surface area contributed by atoms with E-state index < -0.39 is 24.3 Å². The number of anilines is 1. The molecule has 0 atom stereocenters. The minimum atomic E-state index is -0.639. The number of nitriles is 1. The van der Waals surface area contributed by atoms with Crippen LogP contribution in [0.4, 0.5) is 5.82 Å². The molecule has 2 aromatic carbocycles. The monoisotopic (exact) mass is 436 g/mol. The molecule has 1 aliphatic rings. The van der Waals surface area contributed by atoms with Gasteiger partial charge >= 0.3 is 0 Å². The zero-order valence-electron chi connectivity index (χ0n) is 17.4. The molecule has 4 aromatic rings. The molecule has 9 heteroatoms. The molecule has 0 unspecified atom stereocenters. The van der Waals surface area contributed by atoms with Gasteiger partial charge in [-0.2, -0.15) is 15.0 Å². The van der Waals surface area contributed by atoms with E-state index in [2.05, 4.69) is 15.4 Å². The summed E-state index contributed by atoms with van der Waals surface area (Å²) in [6.45, 7) is 1.44. The van der Waals surface area contributed by atoms with Crippen molar-refractivity contribution in [1.82, 2.24) is 19.7 Å². The average molecular weight is 436 g/mol. The summed E-state index contributed by atoms with van der Waals surface area (Å²) in [7, 11) is 0. The number of fused-ring (bicyclic) bond motifs is 2. The fourth-order valence-electron chi connectivity index (χ4n) is 3.86. The van der Waals surface area contributed by atoms with Crippen LogP contribution in [-0.4, -0.2) is 43.9 Å². The molecule has 5 rings (SSSR count). The van der Waals surface area contributed by atoms with Crippen molar-refractivity contribution in [2.24, 2.45) is 0 Å². The van der Waals surface area contributed by atoms with Crippen molar-refractivity contribution in [2.45, 2.75) is 6.92 Å². The maximum absolute atomic E-state index is 12.8. The molecular weight excluding hydrogens is 420 g/mol. The molecule has 0 saturated heterocycles. The van der Waals surface area contributed by atoms with Crippen molar-refractivity contribution in [3.63, 3.8) is 0 Å². The predicted octanol–water partition coefficient (Wildman–Crippen LogP) is 2.84. The Morgan fingerprint density at radius 1 is 1.06 bits per heavy atom. The van der Waals surface area contributed by atoms with Crippen LogP contribution < -0.4 is 5.32 Å². The smallest absolute Gasteiger partial charge is 0.262 e. The Morgan fingerprint density at radius 3 is 2.42 bits per heavy atom. The molecule has 1 N–H and O–H groups in total. The Kier molecular flexibility index (Phi) is 4.68. The standard InChI is InChI=1S/C24H16N6O3/c1-14-10-20(27-19-9-5-4-6-16(14)19)30-22(15(11-25)12-26-30)28-21(31)13-29-23(32)17-7-2-3-8-18(17)24(29)33/h2-10,12H,13H2,1H3,(H,28,31).